The van der Waals surface area contributed by atoms with Gasteiger partial charge in [-0.3, -0.25) is 0 Å². The Hall–Kier alpha value is -3.86. The van der Waals surface area contributed by atoms with E-state index in [0.717, 1.165) is 39.9 Å². The zero-order valence-electron chi connectivity index (χ0n) is 17.1. The molecule has 5 aromatic rings. The van der Waals surface area contributed by atoms with Crippen LogP contribution in [-0.2, 0) is 4.74 Å². The van der Waals surface area contributed by atoms with Crippen molar-refractivity contribution in [2.24, 2.45) is 0 Å². The Morgan fingerprint density at radius 2 is 1.84 bits per heavy atom. The van der Waals surface area contributed by atoms with E-state index in [1.165, 1.54) is 0 Å². The third-order valence-corrected chi connectivity index (χ3v) is 5.44. The normalized spacial score (nSPS) is 11.4. The van der Waals surface area contributed by atoms with E-state index in [4.69, 9.17) is 9.15 Å². The fourth-order valence-electron chi connectivity index (χ4n) is 3.75. The molecule has 0 saturated heterocycles. The van der Waals surface area contributed by atoms with E-state index in [1.807, 2.05) is 43.3 Å². The fraction of sp³-hybridized carbons (Fsp3) is 0.154. The Morgan fingerprint density at radius 1 is 1.00 bits per heavy atom. The van der Waals surface area contributed by atoms with Crippen molar-refractivity contribution < 1.29 is 19.1 Å². The number of unbranched alkanes of at least 4 members (excludes halogenated alkanes) is 1. The smallest absolute Gasteiger partial charge is 0.338 e. The number of ether oxygens (including phenoxy) is 1. The van der Waals surface area contributed by atoms with Gasteiger partial charge in [-0.15, -0.1) is 0 Å². The molecule has 0 aliphatic rings. The molecule has 0 fully saturated rings. The maximum Gasteiger partial charge on any atom is 0.338 e. The van der Waals surface area contributed by atoms with Gasteiger partial charge >= 0.3 is 5.97 Å². The van der Waals surface area contributed by atoms with E-state index in [0.29, 0.717) is 29.2 Å². The molecule has 5 rings (SSSR count). The quantitative estimate of drug-likeness (QED) is 0.265. The van der Waals surface area contributed by atoms with Gasteiger partial charge in [-0.25, -0.2) is 9.78 Å². The van der Waals surface area contributed by atoms with Crippen molar-refractivity contribution in [1.82, 2.24) is 4.98 Å². The monoisotopic (exact) mass is 411 g/mol. The highest BCUT2D eigenvalue weighted by Crippen LogP contribution is 2.36. The predicted molar refractivity (Wildman–Crippen MR) is 121 cm³/mol. The van der Waals surface area contributed by atoms with Gasteiger partial charge < -0.3 is 14.3 Å². The number of aromatic nitrogens is 1. The Balaban J connectivity index is 1.58. The van der Waals surface area contributed by atoms with Gasteiger partial charge in [0, 0.05) is 5.39 Å². The lowest BCUT2D eigenvalue weighted by atomic mass is 10.0. The van der Waals surface area contributed by atoms with E-state index in [-0.39, 0.29) is 11.7 Å². The van der Waals surface area contributed by atoms with E-state index in [9.17, 15) is 9.90 Å². The molecule has 0 radical (unpaired) electrons. The maximum atomic E-state index is 12.3. The highest BCUT2D eigenvalue weighted by Gasteiger charge is 2.16. The number of hydrogen-bond acceptors (Lipinski definition) is 5. The van der Waals surface area contributed by atoms with Crippen LogP contribution in [-0.4, -0.2) is 22.7 Å². The number of hydrogen-bond donors (Lipinski definition) is 1. The van der Waals surface area contributed by atoms with Gasteiger partial charge in [0.15, 0.2) is 5.58 Å². The van der Waals surface area contributed by atoms with Gasteiger partial charge in [0.05, 0.1) is 17.7 Å². The standard InChI is InChI=1S/C26H21NO4/c1-2-3-12-30-26(29)18-9-8-17-15-22(28)21(14-19(17)13-18)25-27-24-20-7-5-4-6-16(20)10-11-23(24)31-25/h4-11,13-15,28H,2-3,12H2,1H3. The summed E-state index contributed by atoms with van der Waals surface area (Å²) in [6.07, 6.45) is 1.80. The van der Waals surface area contributed by atoms with Crippen molar-refractivity contribution in [2.45, 2.75) is 19.8 Å². The largest absolute Gasteiger partial charge is 0.507 e. The van der Waals surface area contributed by atoms with Gasteiger partial charge in [-0.05, 0) is 52.9 Å². The van der Waals surface area contributed by atoms with Crippen LogP contribution in [0.4, 0.5) is 0 Å². The van der Waals surface area contributed by atoms with E-state index in [1.54, 1.807) is 30.3 Å². The Kier molecular flexibility index (Phi) is 4.79. The van der Waals surface area contributed by atoms with Crippen LogP contribution in [0, 0.1) is 0 Å². The molecule has 0 amide bonds. The number of phenols is 1. The van der Waals surface area contributed by atoms with Crippen molar-refractivity contribution in [3.8, 4) is 17.2 Å². The van der Waals surface area contributed by atoms with Crippen LogP contribution >= 0.6 is 0 Å². The number of carbonyl (C=O) groups excluding carboxylic acids is 1. The first kappa shape index (κ1) is 19.1. The van der Waals surface area contributed by atoms with Gasteiger partial charge in [0.1, 0.15) is 11.3 Å². The van der Waals surface area contributed by atoms with Crippen LogP contribution in [0.1, 0.15) is 30.1 Å². The maximum absolute atomic E-state index is 12.3. The second-order valence-electron chi connectivity index (χ2n) is 7.57. The molecule has 0 spiro atoms. The van der Waals surface area contributed by atoms with Crippen LogP contribution in [0.25, 0.3) is 44.1 Å². The second-order valence-corrected chi connectivity index (χ2v) is 7.57. The third kappa shape index (κ3) is 3.48. The zero-order chi connectivity index (χ0) is 21.4. The number of oxazole rings is 1. The molecular weight excluding hydrogens is 390 g/mol. The van der Waals surface area contributed by atoms with Crippen molar-refractivity contribution >= 4 is 38.6 Å². The van der Waals surface area contributed by atoms with Crippen LogP contribution in [0.5, 0.6) is 5.75 Å². The van der Waals surface area contributed by atoms with E-state index < -0.39 is 0 Å². The Bertz CT molecular complexity index is 1430. The minimum Gasteiger partial charge on any atom is -0.507 e. The number of aromatic hydroxyl groups is 1. The molecule has 1 heterocycles. The summed E-state index contributed by atoms with van der Waals surface area (Å²) in [4.78, 5) is 17.0. The summed E-state index contributed by atoms with van der Waals surface area (Å²) in [6.45, 7) is 2.46. The fourth-order valence-corrected chi connectivity index (χ4v) is 3.75. The molecule has 31 heavy (non-hydrogen) atoms. The molecule has 5 heteroatoms. The van der Waals surface area contributed by atoms with Gasteiger partial charge in [0.25, 0.3) is 0 Å². The van der Waals surface area contributed by atoms with Crippen molar-refractivity contribution in [2.75, 3.05) is 6.61 Å². The summed E-state index contributed by atoms with van der Waals surface area (Å²) in [5, 5.41) is 14.3. The number of fused-ring (bicyclic) bond motifs is 4. The average Bonchev–Trinajstić information content (AvgIpc) is 3.23. The van der Waals surface area contributed by atoms with Crippen molar-refractivity contribution in [3.63, 3.8) is 0 Å². The molecule has 5 nitrogen and oxygen atoms in total. The van der Waals surface area contributed by atoms with Crippen molar-refractivity contribution in [1.29, 1.82) is 0 Å². The summed E-state index contributed by atoms with van der Waals surface area (Å²) in [6, 6.07) is 20.6. The number of carbonyl (C=O) groups is 1. The third-order valence-electron chi connectivity index (χ3n) is 5.44. The number of rotatable bonds is 5. The molecule has 0 saturated carbocycles. The van der Waals surface area contributed by atoms with Crippen LogP contribution in [0.2, 0.25) is 0 Å². The van der Waals surface area contributed by atoms with Crippen LogP contribution in [0.3, 0.4) is 0 Å². The van der Waals surface area contributed by atoms with Crippen molar-refractivity contribution in [3.05, 3.63) is 72.3 Å². The Labute approximate surface area is 178 Å². The Morgan fingerprint density at radius 3 is 2.71 bits per heavy atom. The number of esters is 1. The highest BCUT2D eigenvalue weighted by molar-refractivity contribution is 6.04. The molecule has 0 unspecified atom stereocenters. The first-order valence-corrected chi connectivity index (χ1v) is 10.4. The summed E-state index contributed by atoms with van der Waals surface area (Å²) in [5.74, 6) is 0.0571. The summed E-state index contributed by atoms with van der Waals surface area (Å²) >= 11 is 0. The molecule has 0 atom stereocenters. The summed E-state index contributed by atoms with van der Waals surface area (Å²) < 4.78 is 11.3. The number of nitrogens with zero attached hydrogens (tertiary/aromatic N) is 1. The molecule has 1 N–H and O–H groups in total. The van der Waals surface area contributed by atoms with Gasteiger partial charge in [-0.2, -0.15) is 0 Å². The first-order valence-electron chi connectivity index (χ1n) is 10.4. The van der Waals surface area contributed by atoms with Gasteiger partial charge in [-0.1, -0.05) is 49.7 Å². The molecular formula is C26H21NO4. The molecule has 0 aliphatic carbocycles. The minimum absolute atomic E-state index is 0.0710. The van der Waals surface area contributed by atoms with Crippen LogP contribution in [0.15, 0.2) is 71.1 Å². The zero-order valence-corrected chi connectivity index (χ0v) is 17.1. The first-order chi connectivity index (χ1) is 15.1. The van der Waals surface area contributed by atoms with E-state index in [2.05, 4.69) is 4.98 Å². The minimum atomic E-state index is -0.349. The number of benzene rings is 4. The SMILES string of the molecule is CCCCOC(=O)c1ccc2cc(O)c(-c3nc4c(ccc5ccccc54)o3)cc2c1. The lowest BCUT2D eigenvalue weighted by Crippen LogP contribution is -2.06. The second kappa shape index (κ2) is 7.76. The highest BCUT2D eigenvalue weighted by atomic mass is 16.5. The predicted octanol–water partition coefficient (Wildman–Crippen LogP) is 6.46. The molecule has 0 aliphatic heterocycles. The van der Waals surface area contributed by atoms with Gasteiger partial charge in [0.2, 0.25) is 5.89 Å². The number of phenolic OH excluding ortho intramolecular Hbond substituents is 1. The molecule has 4 aromatic carbocycles. The molecule has 0 bridgehead atoms. The lowest BCUT2D eigenvalue weighted by molar-refractivity contribution is 0.0500. The summed E-state index contributed by atoms with van der Waals surface area (Å²) in [5.41, 5.74) is 2.36. The topological polar surface area (TPSA) is 72.6 Å². The van der Waals surface area contributed by atoms with E-state index >= 15 is 0 Å². The average molecular weight is 411 g/mol. The summed E-state index contributed by atoms with van der Waals surface area (Å²) in [7, 11) is 0. The molecule has 1 aromatic heterocycles. The lowest BCUT2D eigenvalue weighted by Gasteiger charge is -2.07. The van der Waals surface area contributed by atoms with Crippen LogP contribution < -0.4 is 0 Å². The molecule has 154 valence electrons.